The molecule has 1 heterocycles. The highest BCUT2D eigenvalue weighted by molar-refractivity contribution is 4.81. The van der Waals surface area contributed by atoms with E-state index in [1.807, 2.05) is 0 Å². The minimum absolute atomic E-state index is 0.202. The van der Waals surface area contributed by atoms with Crippen LogP contribution < -0.4 is 0 Å². The smallest absolute Gasteiger partial charge is 0.0806 e. The van der Waals surface area contributed by atoms with Crippen molar-refractivity contribution in [3.63, 3.8) is 0 Å². The van der Waals surface area contributed by atoms with E-state index in [-0.39, 0.29) is 11.5 Å². The van der Waals surface area contributed by atoms with Crippen molar-refractivity contribution < 1.29 is 9.84 Å². The van der Waals surface area contributed by atoms with Crippen molar-refractivity contribution >= 4 is 0 Å². The van der Waals surface area contributed by atoms with Crippen LogP contribution in [0.3, 0.4) is 0 Å². The highest BCUT2D eigenvalue weighted by atomic mass is 16.5. The summed E-state index contributed by atoms with van der Waals surface area (Å²) in [5, 5.41) is 9.76. The molecule has 2 heteroatoms. The summed E-state index contributed by atoms with van der Waals surface area (Å²) in [5.41, 5.74) is 0.202. The summed E-state index contributed by atoms with van der Waals surface area (Å²) in [4.78, 5) is 0. The fourth-order valence-corrected chi connectivity index (χ4v) is 1.93. The van der Waals surface area contributed by atoms with Gasteiger partial charge in [-0.3, -0.25) is 0 Å². The molecule has 1 rings (SSSR count). The van der Waals surface area contributed by atoms with Crippen molar-refractivity contribution in [1.29, 1.82) is 0 Å². The van der Waals surface area contributed by atoms with Gasteiger partial charge in [0.1, 0.15) is 0 Å². The summed E-state index contributed by atoms with van der Waals surface area (Å²) in [7, 11) is 0. The molecule has 0 aromatic heterocycles. The average Bonchev–Trinajstić information content (AvgIpc) is 2.11. The molecule has 1 N–H and O–H groups in total. The van der Waals surface area contributed by atoms with Crippen LogP contribution in [-0.2, 0) is 4.74 Å². The van der Waals surface area contributed by atoms with E-state index in [0.29, 0.717) is 12.5 Å². The predicted octanol–water partition coefficient (Wildman–Crippen LogP) is 1.82. The first-order valence-corrected chi connectivity index (χ1v) is 4.77. The minimum Gasteiger partial charge on any atom is -0.390 e. The summed E-state index contributed by atoms with van der Waals surface area (Å²) >= 11 is 0. The summed E-state index contributed by atoms with van der Waals surface area (Å²) in [6.45, 7) is 7.89. The Labute approximate surface area is 74.9 Å². The molecule has 0 aliphatic carbocycles. The fourth-order valence-electron chi connectivity index (χ4n) is 1.93. The lowest BCUT2D eigenvalue weighted by atomic mass is 9.75. The third-order valence-electron chi connectivity index (χ3n) is 2.67. The molecule has 0 bridgehead atoms. The second kappa shape index (κ2) is 3.75. The number of hydrogen-bond acceptors (Lipinski definition) is 2. The molecular formula is C10H20O2. The third kappa shape index (κ3) is 2.46. The lowest BCUT2D eigenvalue weighted by Crippen LogP contribution is -2.33. The van der Waals surface area contributed by atoms with Gasteiger partial charge < -0.3 is 9.84 Å². The van der Waals surface area contributed by atoms with Crippen molar-refractivity contribution in [2.24, 2.45) is 11.3 Å². The van der Waals surface area contributed by atoms with Crippen LogP contribution in [0.5, 0.6) is 0 Å². The van der Waals surface area contributed by atoms with Gasteiger partial charge in [0.15, 0.2) is 0 Å². The Bertz CT molecular complexity index is 137. The molecule has 12 heavy (non-hydrogen) atoms. The molecule has 0 unspecified atom stereocenters. The molecule has 2 nitrogen and oxygen atoms in total. The maximum atomic E-state index is 9.76. The van der Waals surface area contributed by atoms with Gasteiger partial charge in [-0.1, -0.05) is 20.8 Å². The van der Waals surface area contributed by atoms with Crippen molar-refractivity contribution in [3.8, 4) is 0 Å². The lowest BCUT2D eigenvalue weighted by molar-refractivity contribution is -0.00490. The topological polar surface area (TPSA) is 29.5 Å². The molecule has 0 aromatic carbocycles. The zero-order chi connectivity index (χ0) is 9.19. The monoisotopic (exact) mass is 172 g/mol. The number of aliphatic hydroxyl groups excluding tert-OH is 1. The summed E-state index contributed by atoms with van der Waals surface area (Å²) in [5.74, 6) is 0.389. The Morgan fingerprint density at radius 3 is 2.58 bits per heavy atom. The van der Waals surface area contributed by atoms with Gasteiger partial charge in [-0.2, -0.15) is 0 Å². The van der Waals surface area contributed by atoms with E-state index < -0.39 is 0 Å². The van der Waals surface area contributed by atoms with Gasteiger partial charge in [0.25, 0.3) is 0 Å². The van der Waals surface area contributed by atoms with Gasteiger partial charge in [-0.25, -0.2) is 0 Å². The average molecular weight is 172 g/mol. The highest BCUT2D eigenvalue weighted by Crippen LogP contribution is 2.33. The molecular weight excluding hydrogens is 152 g/mol. The van der Waals surface area contributed by atoms with Crippen LogP contribution in [0.4, 0.5) is 0 Å². The van der Waals surface area contributed by atoms with Gasteiger partial charge in [-0.05, 0) is 24.2 Å². The van der Waals surface area contributed by atoms with Crippen LogP contribution in [0.1, 0.15) is 33.6 Å². The van der Waals surface area contributed by atoms with Crippen molar-refractivity contribution in [2.45, 2.75) is 39.7 Å². The molecule has 1 aliphatic heterocycles. The van der Waals surface area contributed by atoms with Crippen molar-refractivity contribution in [2.75, 3.05) is 13.2 Å². The molecule has 0 amide bonds. The van der Waals surface area contributed by atoms with Gasteiger partial charge in [0.05, 0.1) is 12.7 Å². The normalized spacial score (nSPS) is 33.0. The summed E-state index contributed by atoms with van der Waals surface area (Å²) in [6, 6.07) is 0. The van der Waals surface area contributed by atoms with E-state index in [1.54, 1.807) is 0 Å². The Morgan fingerprint density at radius 2 is 2.00 bits per heavy atom. The molecule has 72 valence electrons. The first-order valence-electron chi connectivity index (χ1n) is 4.77. The Kier molecular flexibility index (Phi) is 3.13. The maximum absolute atomic E-state index is 9.76. The Morgan fingerprint density at radius 1 is 1.33 bits per heavy atom. The van der Waals surface area contributed by atoms with Gasteiger partial charge in [0.2, 0.25) is 0 Å². The SMILES string of the molecule is CC(C)(C)[C@@H]1CCCOC[C@@H]1O. The number of hydrogen-bond donors (Lipinski definition) is 1. The number of aliphatic hydroxyl groups is 1. The molecule has 0 saturated carbocycles. The second-order valence-electron chi connectivity index (χ2n) is 4.76. The van der Waals surface area contributed by atoms with E-state index in [9.17, 15) is 5.11 Å². The van der Waals surface area contributed by atoms with Crippen LogP contribution in [-0.4, -0.2) is 24.4 Å². The fraction of sp³-hybridized carbons (Fsp3) is 1.00. The standard InChI is InChI=1S/C10H20O2/c1-10(2,3)8-5-4-6-12-7-9(8)11/h8-9,11H,4-7H2,1-3H3/t8-,9+/m1/s1. The van der Waals surface area contributed by atoms with Crippen molar-refractivity contribution in [3.05, 3.63) is 0 Å². The zero-order valence-corrected chi connectivity index (χ0v) is 8.34. The van der Waals surface area contributed by atoms with Crippen LogP contribution >= 0.6 is 0 Å². The first kappa shape index (κ1) is 10.0. The van der Waals surface area contributed by atoms with Gasteiger partial charge in [-0.15, -0.1) is 0 Å². The molecule has 0 radical (unpaired) electrons. The summed E-state index contributed by atoms with van der Waals surface area (Å²) < 4.78 is 5.28. The predicted molar refractivity (Wildman–Crippen MR) is 49.0 cm³/mol. The third-order valence-corrected chi connectivity index (χ3v) is 2.67. The van der Waals surface area contributed by atoms with Crippen LogP contribution in [0.2, 0.25) is 0 Å². The lowest BCUT2D eigenvalue weighted by Gasteiger charge is -2.32. The zero-order valence-electron chi connectivity index (χ0n) is 8.34. The highest BCUT2D eigenvalue weighted by Gasteiger charge is 2.32. The molecule has 2 atom stereocenters. The molecule has 1 saturated heterocycles. The number of ether oxygens (including phenoxy) is 1. The first-order chi connectivity index (χ1) is 5.52. The maximum Gasteiger partial charge on any atom is 0.0806 e. The van der Waals surface area contributed by atoms with Gasteiger partial charge in [0, 0.05) is 6.61 Å². The molecule has 1 fully saturated rings. The largest absolute Gasteiger partial charge is 0.390 e. The van der Waals surface area contributed by atoms with Crippen LogP contribution in [0.25, 0.3) is 0 Å². The van der Waals surface area contributed by atoms with E-state index in [0.717, 1.165) is 19.4 Å². The molecule has 0 aromatic rings. The number of rotatable bonds is 0. The van der Waals surface area contributed by atoms with Crippen molar-refractivity contribution in [1.82, 2.24) is 0 Å². The Hall–Kier alpha value is -0.0800. The van der Waals surface area contributed by atoms with Crippen LogP contribution in [0.15, 0.2) is 0 Å². The Balaban J connectivity index is 2.59. The van der Waals surface area contributed by atoms with E-state index in [1.165, 1.54) is 0 Å². The van der Waals surface area contributed by atoms with Gasteiger partial charge >= 0.3 is 0 Å². The van der Waals surface area contributed by atoms with E-state index in [4.69, 9.17) is 4.74 Å². The quantitative estimate of drug-likeness (QED) is 0.604. The second-order valence-corrected chi connectivity index (χ2v) is 4.76. The molecule has 0 spiro atoms. The summed E-state index contributed by atoms with van der Waals surface area (Å²) in [6.07, 6.45) is 1.90. The minimum atomic E-state index is -0.271. The van der Waals surface area contributed by atoms with Crippen LogP contribution in [0, 0.1) is 11.3 Å². The molecule has 1 aliphatic rings. The van der Waals surface area contributed by atoms with E-state index in [2.05, 4.69) is 20.8 Å². The van der Waals surface area contributed by atoms with E-state index >= 15 is 0 Å².